The van der Waals surface area contributed by atoms with Crippen molar-refractivity contribution in [3.05, 3.63) is 29.8 Å². The molecule has 1 aliphatic carbocycles. The summed E-state index contributed by atoms with van der Waals surface area (Å²) < 4.78 is 0. The maximum absolute atomic E-state index is 10.5. The number of nitrogens with one attached hydrogen (secondary N) is 1. The van der Waals surface area contributed by atoms with Crippen LogP contribution in [0.4, 0.5) is 0 Å². The fourth-order valence-corrected chi connectivity index (χ4v) is 2.89. The summed E-state index contributed by atoms with van der Waals surface area (Å²) in [6, 6.07) is 7.33. The van der Waals surface area contributed by atoms with Crippen molar-refractivity contribution in [1.29, 1.82) is 0 Å². The van der Waals surface area contributed by atoms with Crippen LogP contribution in [0.2, 0.25) is 0 Å². The lowest BCUT2D eigenvalue weighted by Crippen LogP contribution is -2.43. The number of hydrogen-bond acceptors (Lipinski definition) is 3. The number of benzene rings is 1. The molecular weight excluding hydrogens is 238 g/mol. The predicted octanol–water partition coefficient (Wildman–Crippen LogP) is 2.81. The molecule has 1 aromatic carbocycles. The summed E-state index contributed by atoms with van der Waals surface area (Å²) in [5.74, 6) is 1.11. The van der Waals surface area contributed by atoms with E-state index in [-0.39, 0.29) is 0 Å². The van der Waals surface area contributed by atoms with Gasteiger partial charge in [-0.05, 0) is 37.7 Å². The molecule has 0 spiro atoms. The molecule has 0 aliphatic heterocycles. The molecule has 0 heterocycles. The Kier molecular flexibility index (Phi) is 4.83. The van der Waals surface area contributed by atoms with Crippen LogP contribution in [-0.4, -0.2) is 22.4 Å². The summed E-state index contributed by atoms with van der Waals surface area (Å²) >= 11 is 0. The van der Waals surface area contributed by atoms with Crippen molar-refractivity contribution in [2.75, 3.05) is 6.54 Å². The summed E-state index contributed by atoms with van der Waals surface area (Å²) in [6.45, 7) is 3.44. The van der Waals surface area contributed by atoms with Gasteiger partial charge in [-0.3, -0.25) is 0 Å². The van der Waals surface area contributed by atoms with Crippen molar-refractivity contribution < 1.29 is 10.2 Å². The third-order valence-corrected chi connectivity index (χ3v) is 4.37. The van der Waals surface area contributed by atoms with Gasteiger partial charge >= 0.3 is 0 Å². The minimum atomic E-state index is -0.559. The van der Waals surface area contributed by atoms with E-state index in [1.807, 2.05) is 18.2 Å². The van der Waals surface area contributed by atoms with Gasteiger partial charge in [-0.1, -0.05) is 31.5 Å². The van der Waals surface area contributed by atoms with E-state index in [4.69, 9.17) is 0 Å². The van der Waals surface area contributed by atoms with Crippen molar-refractivity contribution in [3.63, 3.8) is 0 Å². The van der Waals surface area contributed by atoms with E-state index in [1.54, 1.807) is 6.07 Å². The number of rotatable bonds is 5. The monoisotopic (exact) mass is 263 g/mol. The summed E-state index contributed by atoms with van der Waals surface area (Å²) in [4.78, 5) is 0. The second-order valence-corrected chi connectivity index (χ2v) is 5.81. The quantitative estimate of drug-likeness (QED) is 0.765. The van der Waals surface area contributed by atoms with Crippen LogP contribution in [0.1, 0.15) is 44.6 Å². The van der Waals surface area contributed by atoms with Gasteiger partial charge in [-0.25, -0.2) is 0 Å². The molecule has 1 aliphatic rings. The van der Waals surface area contributed by atoms with Gasteiger partial charge in [-0.15, -0.1) is 0 Å². The molecular formula is C16H25NO2. The molecule has 106 valence electrons. The highest BCUT2D eigenvalue weighted by Gasteiger charge is 2.32. The van der Waals surface area contributed by atoms with Gasteiger partial charge in [0, 0.05) is 18.7 Å². The zero-order valence-corrected chi connectivity index (χ0v) is 11.7. The van der Waals surface area contributed by atoms with E-state index in [1.165, 1.54) is 6.42 Å². The molecule has 0 amide bonds. The van der Waals surface area contributed by atoms with Gasteiger partial charge < -0.3 is 15.5 Å². The lowest BCUT2D eigenvalue weighted by atomic mass is 9.78. The van der Waals surface area contributed by atoms with E-state index in [2.05, 4.69) is 12.2 Å². The zero-order valence-electron chi connectivity index (χ0n) is 11.7. The molecule has 1 saturated carbocycles. The first-order chi connectivity index (χ1) is 9.13. The minimum absolute atomic E-state index is 0.316. The number of hydrogen-bond donors (Lipinski definition) is 3. The lowest BCUT2D eigenvalue weighted by Gasteiger charge is -2.36. The normalized spacial score (nSPS) is 27.4. The average Bonchev–Trinajstić information content (AvgIpc) is 2.42. The molecule has 0 aromatic heterocycles. The van der Waals surface area contributed by atoms with Crippen LogP contribution in [0, 0.1) is 5.92 Å². The summed E-state index contributed by atoms with van der Waals surface area (Å²) in [5.41, 5.74) is 0.323. The molecule has 0 bridgehead atoms. The second-order valence-electron chi connectivity index (χ2n) is 5.81. The Balaban J connectivity index is 1.78. The van der Waals surface area contributed by atoms with Crippen molar-refractivity contribution in [2.45, 2.75) is 51.2 Å². The van der Waals surface area contributed by atoms with Crippen molar-refractivity contribution in [1.82, 2.24) is 5.32 Å². The van der Waals surface area contributed by atoms with Gasteiger partial charge in [0.1, 0.15) is 5.75 Å². The first-order valence-corrected chi connectivity index (χ1v) is 7.33. The standard InChI is InChI=1S/C16H25NO2/c1-2-13-7-9-16(19,10-8-13)12-17-11-14-5-3-4-6-15(14)18/h3-6,13,17-19H,2,7-12H2,1H3. The molecule has 1 aromatic rings. The fraction of sp³-hybridized carbons (Fsp3) is 0.625. The van der Waals surface area contributed by atoms with E-state index in [0.717, 1.165) is 37.2 Å². The van der Waals surface area contributed by atoms with Crippen LogP contribution >= 0.6 is 0 Å². The SMILES string of the molecule is CCC1CCC(O)(CNCc2ccccc2O)CC1. The van der Waals surface area contributed by atoms with Crippen LogP contribution in [0.15, 0.2) is 24.3 Å². The van der Waals surface area contributed by atoms with E-state index >= 15 is 0 Å². The number of phenols is 1. The fourth-order valence-electron chi connectivity index (χ4n) is 2.89. The van der Waals surface area contributed by atoms with E-state index < -0.39 is 5.60 Å². The van der Waals surface area contributed by atoms with Gasteiger partial charge in [-0.2, -0.15) is 0 Å². The molecule has 3 heteroatoms. The molecule has 19 heavy (non-hydrogen) atoms. The first kappa shape index (κ1) is 14.4. The Morgan fingerprint density at radius 3 is 2.58 bits per heavy atom. The molecule has 0 unspecified atom stereocenters. The van der Waals surface area contributed by atoms with E-state index in [0.29, 0.717) is 18.8 Å². The highest BCUT2D eigenvalue weighted by Crippen LogP contribution is 2.33. The number of para-hydroxylation sites is 1. The third-order valence-electron chi connectivity index (χ3n) is 4.37. The summed E-state index contributed by atoms with van der Waals surface area (Å²) in [6.07, 6.45) is 5.26. The minimum Gasteiger partial charge on any atom is -0.508 e. The van der Waals surface area contributed by atoms with Crippen LogP contribution in [-0.2, 0) is 6.54 Å². The highest BCUT2D eigenvalue weighted by molar-refractivity contribution is 5.31. The Bertz CT molecular complexity index is 397. The highest BCUT2D eigenvalue weighted by atomic mass is 16.3. The zero-order chi connectivity index (χ0) is 13.7. The lowest BCUT2D eigenvalue weighted by molar-refractivity contribution is -0.00884. The van der Waals surface area contributed by atoms with Crippen LogP contribution in [0.25, 0.3) is 0 Å². The van der Waals surface area contributed by atoms with Gasteiger partial charge in [0.15, 0.2) is 0 Å². The topological polar surface area (TPSA) is 52.5 Å². The molecule has 2 rings (SSSR count). The number of phenolic OH excluding ortho intramolecular Hbond substituents is 1. The molecule has 3 nitrogen and oxygen atoms in total. The van der Waals surface area contributed by atoms with Gasteiger partial charge in [0.2, 0.25) is 0 Å². The largest absolute Gasteiger partial charge is 0.508 e. The molecule has 0 radical (unpaired) electrons. The van der Waals surface area contributed by atoms with Gasteiger partial charge in [0.05, 0.1) is 5.60 Å². The van der Waals surface area contributed by atoms with Gasteiger partial charge in [0.25, 0.3) is 0 Å². The molecule has 0 atom stereocenters. The second kappa shape index (κ2) is 6.40. The van der Waals surface area contributed by atoms with Crippen LogP contribution in [0.5, 0.6) is 5.75 Å². The van der Waals surface area contributed by atoms with Crippen molar-refractivity contribution in [2.24, 2.45) is 5.92 Å². The van der Waals surface area contributed by atoms with Crippen LogP contribution < -0.4 is 5.32 Å². The van der Waals surface area contributed by atoms with Crippen molar-refractivity contribution in [3.8, 4) is 5.75 Å². The Morgan fingerprint density at radius 2 is 1.95 bits per heavy atom. The number of aliphatic hydroxyl groups is 1. The Morgan fingerprint density at radius 1 is 1.26 bits per heavy atom. The Labute approximate surface area is 115 Å². The first-order valence-electron chi connectivity index (χ1n) is 7.33. The van der Waals surface area contributed by atoms with Crippen molar-refractivity contribution >= 4 is 0 Å². The summed E-state index contributed by atoms with van der Waals surface area (Å²) in [5, 5.41) is 23.5. The Hall–Kier alpha value is -1.06. The predicted molar refractivity (Wildman–Crippen MR) is 77.0 cm³/mol. The molecule has 1 fully saturated rings. The third kappa shape index (κ3) is 3.95. The molecule has 3 N–H and O–H groups in total. The molecule has 0 saturated heterocycles. The maximum Gasteiger partial charge on any atom is 0.120 e. The summed E-state index contributed by atoms with van der Waals surface area (Å²) in [7, 11) is 0. The number of aromatic hydroxyl groups is 1. The maximum atomic E-state index is 10.5. The smallest absolute Gasteiger partial charge is 0.120 e. The van der Waals surface area contributed by atoms with Crippen LogP contribution in [0.3, 0.4) is 0 Å². The van der Waals surface area contributed by atoms with E-state index in [9.17, 15) is 10.2 Å². The average molecular weight is 263 g/mol.